The molecule has 0 amide bonds. The Kier molecular flexibility index (Phi) is 4.33. The van der Waals surface area contributed by atoms with E-state index < -0.39 is 0 Å². The zero-order valence-electron chi connectivity index (χ0n) is 10.9. The van der Waals surface area contributed by atoms with Gasteiger partial charge < -0.3 is 10.5 Å². The summed E-state index contributed by atoms with van der Waals surface area (Å²) in [5.74, 6) is 0.124. The molecule has 2 rings (SSSR count). The fourth-order valence-corrected chi connectivity index (χ4v) is 2.30. The van der Waals surface area contributed by atoms with E-state index in [1.165, 1.54) is 5.56 Å². The molecule has 0 bridgehead atoms. The van der Waals surface area contributed by atoms with Gasteiger partial charge in [0, 0.05) is 24.7 Å². The average Bonchev–Trinajstić information content (AvgIpc) is 2.40. The molecule has 0 saturated carbocycles. The third-order valence-electron chi connectivity index (χ3n) is 3.47. The predicted octanol–water partition coefficient (Wildman–Crippen LogP) is 1.58. The molecule has 1 fully saturated rings. The van der Waals surface area contributed by atoms with Gasteiger partial charge in [0.2, 0.25) is 0 Å². The standard InChI is InChI=1S/C14H21N3O/c1-2-13-10-18-8-7-17(13)9-11-3-5-12(6-4-11)14(15)16/h3-6,13H,2,7-10H2,1H3,(H3,15,16). The predicted molar refractivity (Wildman–Crippen MR) is 72.8 cm³/mol. The summed E-state index contributed by atoms with van der Waals surface area (Å²) in [6.07, 6.45) is 1.12. The third-order valence-corrected chi connectivity index (χ3v) is 3.47. The molecule has 1 unspecified atom stereocenters. The monoisotopic (exact) mass is 247 g/mol. The minimum absolute atomic E-state index is 0.124. The van der Waals surface area contributed by atoms with Gasteiger partial charge in [-0.05, 0) is 12.0 Å². The third kappa shape index (κ3) is 3.09. The first-order chi connectivity index (χ1) is 8.70. The Bertz CT molecular complexity index is 402. The minimum Gasteiger partial charge on any atom is -0.384 e. The first kappa shape index (κ1) is 13.1. The van der Waals surface area contributed by atoms with Crippen molar-refractivity contribution in [1.29, 1.82) is 5.41 Å². The molecule has 1 aromatic carbocycles. The summed E-state index contributed by atoms with van der Waals surface area (Å²) in [6.45, 7) is 5.79. The van der Waals surface area contributed by atoms with Crippen LogP contribution in [-0.2, 0) is 11.3 Å². The van der Waals surface area contributed by atoms with Gasteiger partial charge in [0.05, 0.1) is 13.2 Å². The number of hydrogen-bond acceptors (Lipinski definition) is 3. The summed E-state index contributed by atoms with van der Waals surface area (Å²) < 4.78 is 5.51. The molecule has 0 aromatic heterocycles. The molecule has 1 aromatic rings. The molecular weight excluding hydrogens is 226 g/mol. The molecule has 1 saturated heterocycles. The molecule has 3 N–H and O–H groups in total. The number of nitrogens with one attached hydrogen (secondary N) is 1. The van der Waals surface area contributed by atoms with E-state index in [1.807, 2.05) is 12.1 Å². The number of nitrogens with zero attached hydrogens (tertiary/aromatic N) is 1. The van der Waals surface area contributed by atoms with Crippen LogP contribution in [0.1, 0.15) is 24.5 Å². The highest BCUT2D eigenvalue weighted by Crippen LogP contribution is 2.15. The van der Waals surface area contributed by atoms with Crippen molar-refractivity contribution in [3.05, 3.63) is 35.4 Å². The summed E-state index contributed by atoms with van der Waals surface area (Å²) in [5, 5.41) is 7.37. The molecule has 0 spiro atoms. The van der Waals surface area contributed by atoms with Gasteiger partial charge in [-0.1, -0.05) is 31.2 Å². The Labute approximate surface area is 108 Å². The summed E-state index contributed by atoms with van der Waals surface area (Å²) in [5.41, 5.74) is 7.50. The van der Waals surface area contributed by atoms with Crippen LogP contribution in [0.2, 0.25) is 0 Å². The number of benzene rings is 1. The van der Waals surface area contributed by atoms with Crippen LogP contribution >= 0.6 is 0 Å². The highest BCUT2D eigenvalue weighted by molar-refractivity contribution is 5.94. The van der Waals surface area contributed by atoms with E-state index in [4.69, 9.17) is 15.9 Å². The SMILES string of the molecule is CCC1COCCN1Cc1ccc(C(=N)N)cc1. The first-order valence-electron chi connectivity index (χ1n) is 6.46. The number of ether oxygens (including phenoxy) is 1. The maximum atomic E-state index is 7.37. The van der Waals surface area contributed by atoms with Crippen molar-refractivity contribution in [2.45, 2.75) is 25.9 Å². The fraction of sp³-hybridized carbons (Fsp3) is 0.500. The summed E-state index contributed by atoms with van der Waals surface area (Å²) in [4.78, 5) is 2.46. The molecule has 1 heterocycles. The number of hydrogen-bond donors (Lipinski definition) is 2. The van der Waals surface area contributed by atoms with Crippen LogP contribution in [0.5, 0.6) is 0 Å². The fourth-order valence-electron chi connectivity index (χ4n) is 2.30. The van der Waals surface area contributed by atoms with Crippen LogP contribution < -0.4 is 5.73 Å². The van der Waals surface area contributed by atoms with Crippen molar-refractivity contribution < 1.29 is 4.74 Å². The van der Waals surface area contributed by atoms with Gasteiger partial charge in [0.25, 0.3) is 0 Å². The lowest BCUT2D eigenvalue weighted by Gasteiger charge is -2.35. The van der Waals surface area contributed by atoms with Crippen molar-refractivity contribution in [1.82, 2.24) is 4.90 Å². The van der Waals surface area contributed by atoms with Crippen LogP contribution in [0.25, 0.3) is 0 Å². The Morgan fingerprint density at radius 3 is 2.78 bits per heavy atom. The van der Waals surface area contributed by atoms with Crippen molar-refractivity contribution in [3.8, 4) is 0 Å². The van der Waals surface area contributed by atoms with E-state index in [0.717, 1.165) is 38.3 Å². The zero-order chi connectivity index (χ0) is 13.0. The Morgan fingerprint density at radius 2 is 2.17 bits per heavy atom. The van der Waals surface area contributed by atoms with Gasteiger partial charge in [-0.15, -0.1) is 0 Å². The molecule has 0 radical (unpaired) electrons. The minimum atomic E-state index is 0.124. The van der Waals surface area contributed by atoms with Gasteiger partial charge in [-0.2, -0.15) is 0 Å². The summed E-state index contributed by atoms with van der Waals surface area (Å²) >= 11 is 0. The van der Waals surface area contributed by atoms with Crippen molar-refractivity contribution >= 4 is 5.84 Å². The Balaban J connectivity index is 2.01. The second-order valence-electron chi connectivity index (χ2n) is 4.72. The van der Waals surface area contributed by atoms with E-state index in [0.29, 0.717) is 6.04 Å². The van der Waals surface area contributed by atoms with E-state index in [-0.39, 0.29) is 5.84 Å². The maximum Gasteiger partial charge on any atom is 0.122 e. The number of morpholine rings is 1. The smallest absolute Gasteiger partial charge is 0.122 e. The van der Waals surface area contributed by atoms with E-state index in [1.54, 1.807) is 0 Å². The van der Waals surface area contributed by atoms with Gasteiger partial charge in [0.15, 0.2) is 0 Å². The molecule has 1 aliphatic rings. The quantitative estimate of drug-likeness (QED) is 0.627. The van der Waals surface area contributed by atoms with Crippen LogP contribution in [0, 0.1) is 5.41 Å². The molecule has 0 aliphatic carbocycles. The van der Waals surface area contributed by atoms with Gasteiger partial charge >= 0.3 is 0 Å². The lowest BCUT2D eigenvalue weighted by atomic mass is 10.1. The van der Waals surface area contributed by atoms with E-state index in [2.05, 4.69) is 24.0 Å². The van der Waals surface area contributed by atoms with Gasteiger partial charge in [0.1, 0.15) is 5.84 Å². The first-order valence-corrected chi connectivity index (χ1v) is 6.46. The van der Waals surface area contributed by atoms with Gasteiger partial charge in [-0.25, -0.2) is 0 Å². The topological polar surface area (TPSA) is 62.3 Å². The highest BCUT2D eigenvalue weighted by Gasteiger charge is 2.21. The van der Waals surface area contributed by atoms with Crippen LogP contribution in [0.15, 0.2) is 24.3 Å². The lowest BCUT2D eigenvalue weighted by Crippen LogP contribution is -2.44. The summed E-state index contributed by atoms with van der Waals surface area (Å²) in [7, 11) is 0. The number of amidine groups is 1. The normalized spacial score (nSPS) is 20.8. The van der Waals surface area contributed by atoms with Crippen LogP contribution in [0.4, 0.5) is 0 Å². The molecule has 1 atom stereocenters. The van der Waals surface area contributed by atoms with Gasteiger partial charge in [-0.3, -0.25) is 10.3 Å². The van der Waals surface area contributed by atoms with Crippen molar-refractivity contribution in [3.63, 3.8) is 0 Å². The number of nitrogen functional groups attached to an aromatic ring is 1. The van der Waals surface area contributed by atoms with Crippen molar-refractivity contribution in [2.75, 3.05) is 19.8 Å². The molecule has 1 aliphatic heterocycles. The number of rotatable bonds is 4. The van der Waals surface area contributed by atoms with Crippen molar-refractivity contribution in [2.24, 2.45) is 5.73 Å². The number of nitrogens with two attached hydrogens (primary N) is 1. The second-order valence-corrected chi connectivity index (χ2v) is 4.72. The van der Waals surface area contributed by atoms with Crippen LogP contribution in [-0.4, -0.2) is 36.5 Å². The zero-order valence-corrected chi connectivity index (χ0v) is 10.9. The lowest BCUT2D eigenvalue weighted by molar-refractivity contribution is -0.0127. The molecular formula is C14H21N3O. The Hall–Kier alpha value is -1.39. The second kappa shape index (κ2) is 5.98. The largest absolute Gasteiger partial charge is 0.384 e. The molecule has 4 nitrogen and oxygen atoms in total. The Morgan fingerprint density at radius 1 is 1.44 bits per heavy atom. The molecule has 18 heavy (non-hydrogen) atoms. The maximum absolute atomic E-state index is 7.37. The molecule has 98 valence electrons. The van der Waals surface area contributed by atoms with Crippen LogP contribution in [0.3, 0.4) is 0 Å². The van der Waals surface area contributed by atoms with E-state index >= 15 is 0 Å². The highest BCUT2D eigenvalue weighted by atomic mass is 16.5. The molecule has 4 heteroatoms. The van der Waals surface area contributed by atoms with E-state index in [9.17, 15) is 0 Å². The summed E-state index contributed by atoms with van der Waals surface area (Å²) in [6, 6.07) is 8.46. The average molecular weight is 247 g/mol.